The van der Waals surface area contributed by atoms with E-state index in [9.17, 15) is 4.39 Å². The lowest BCUT2D eigenvalue weighted by atomic mass is 9.81. The highest BCUT2D eigenvalue weighted by Crippen LogP contribution is 2.38. The number of hydrogen-bond acceptors (Lipinski definition) is 2. The number of nitrogens with one attached hydrogen (secondary N) is 1. The molecular formula is C15H22FNO. The van der Waals surface area contributed by atoms with Crippen molar-refractivity contribution in [1.82, 2.24) is 5.32 Å². The van der Waals surface area contributed by atoms with E-state index in [1.807, 2.05) is 6.07 Å². The highest BCUT2D eigenvalue weighted by atomic mass is 19.1. The molecule has 0 aromatic heterocycles. The molecule has 3 heteroatoms. The van der Waals surface area contributed by atoms with Crippen molar-refractivity contribution in [1.29, 1.82) is 0 Å². The molecule has 0 bridgehead atoms. The van der Waals surface area contributed by atoms with Crippen LogP contribution in [0.2, 0.25) is 0 Å². The summed E-state index contributed by atoms with van der Waals surface area (Å²) >= 11 is 0. The van der Waals surface area contributed by atoms with E-state index in [-0.39, 0.29) is 11.4 Å². The predicted molar refractivity (Wildman–Crippen MR) is 71.3 cm³/mol. The Hall–Kier alpha value is -1.09. The van der Waals surface area contributed by atoms with Gasteiger partial charge in [-0.05, 0) is 49.4 Å². The largest absolute Gasteiger partial charge is 0.494 e. The van der Waals surface area contributed by atoms with Crippen molar-refractivity contribution in [2.45, 2.75) is 38.6 Å². The number of rotatable bonds is 4. The van der Waals surface area contributed by atoms with E-state index in [1.54, 1.807) is 12.1 Å². The summed E-state index contributed by atoms with van der Waals surface area (Å²) in [5, 5.41) is 3.57. The van der Waals surface area contributed by atoms with Gasteiger partial charge in [-0.15, -0.1) is 0 Å². The molecule has 1 fully saturated rings. The molecule has 1 heterocycles. The van der Waals surface area contributed by atoms with Gasteiger partial charge in [0.05, 0.1) is 7.11 Å². The Morgan fingerprint density at radius 1 is 1.44 bits per heavy atom. The van der Waals surface area contributed by atoms with Gasteiger partial charge in [0.2, 0.25) is 0 Å². The van der Waals surface area contributed by atoms with Crippen molar-refractivity contribution in [3.05, 3.63) is 29.6 Å². The van der Waals surface area contributed by atoms with Gasteiger partial charge in [-0.2, -0.15) is 0 Å². The minimum absolute atomic E-state index is 0.0543. The fourth-order valence-electron chi connectivity index (χ4n) is 3.01. The van der Waals surface area contributed by atoms with Gasteiger partial charge in [0.1, 0.15) is 0 Å². The number of ether oxygens (including phenoxy) is 1. The van der Waals surface area contributed by atoms with Crippen LogP contribution in [0.25, 0.3) is 0 Å². The third-order valence-corrected chi connectivity index (χ3v) is 3.70. The highest BCUT2D eigenvalue weighted by molar-refractivity contribution is 5.34. The van der Waals surface area contributed by atoms with Gasteiger partial charge in [0, 0.05) is 5.54 Å². The molecule has 1 saturated heterocycles. The van der Waals surface area contributed by atoms with Crippen LogP contribution in [-0.2, 0) is 5.54 Å². The van der Waals surface area contributed by atoms with Gasteiger partial charge in [-0.25, -0.2) is 4.39 Å². The van der Waals surface area contributed by atoms with Gasteiger partial charge >= 0.3 is 0 Å². The molecule has 0 saturated carbocycles. The van der Waals surface area contributed by atoms with Crippen LogP contribution >= 0.6 is 0 Å². The standard InChI is InChI=1S/C15H22FNO/c1-11(2)10-15(7-4-8-17-15)12-5-6-14(18-3)13(16)9-12/h5-6,9,11,17H,4,7-8,10H2,1-3H3. The Bertz CT molecular complexity index is 411. The summed E-state index contributed by atoms with van der Waals surface area (Å²) in [5.41, 5.74) is 0.994. The fraction of sp³-hybridized carbons (Fsp3) is 0.600. The molecule has 1 N–H and O–H groups in total. The third-order valence-electron chi connectivity index (χ3n) is 3.70. The molecule has 18 heavy (non-hydrogen) atoms. The highest BCUT2D eigenvalue weighted by Gasteiger charge is 2.36. The Labute approximate surface area is 109 Å². The van der Waals surface area contributed by atoms with E-state index in [2.05, 4.69) is 19.2 Å². The van der Waals surface area contributed by atoms with Gasteiger partial charge in [0.15, 0.2) is 11.6 Å². The van der Waals surface area contributed by atoms with Crippen LogP contribution in [0.5, 0.6) is 5.75 Å². The third kappa shape index (κ3) is 2.51. The molecule has 1 unspecified atom stereocenters. The first-order valence-corrected chi connectivity index (χ1v) is 6.66. The van der Waals surface area contributed by atoms with Crippen molar-refractivity contribution in [3.63, 3.8) is 0 Å². The molecule has 0 amide bonds. The maximum atomic E-state index is 13.9. The van der Waals surface area contributed by atoms with E-state index in [0.29, 0.717) is 11.7 Å². The SMILES string of the molecule is COc1ccc(C2(CC(C)C)CCCN2)cc1F. The Kier molecular flexibility index (Phi) is 3.91. The summed E-state index contributed by atoms with van der Waals surface area (Å²) in [6.07, 6.45) is 3.27. The van der Waals surface area contributed by atoms with Gasteiger partial charge in [-0.1, -0.05) is 19.9 Å². The Morgan fingerprint density at radius 2 is 2.22 bits per heavy atom. The lowest BCUT2D eigenvalue weighted by Gasteiger charge is -2.32. The first-order valence-electron chi connectivity index (χ1n) is 6.66. The average Bonchev–Trinajstić information content (AvgIpc) is 2.77. The van der Waals surface area contributed by atoms with Crippen LogP contribution in [0.3, 0.4) is 0 Å². The number of halogens is 1. The molecule has 1 aromatic carbocycles. The summed E-state index contributed by atoms with van der Waals surface area (Å²) in [6.45, 7) is 5.43. The molecule has 100 valence electrons. The van der Waals surface area contributed by atoms with E-state index in [1.165, 1.54) is 7.11 Å². The zero-order valence-corrected chi connectivity index (χ0v) is 11.4. The van der Waals surface area contributed by atoms with Crippen molar-refractivity contribution in [2.24, 2.45) is 5.92 Å². The van der Waals surface area contributed by atoms with Crippen molar-refractivity contribution in [2.75, 3.05) is 13.7 Å². The topological polar surface area (TPSA) is 21.3 Å². The van der Waals surface area contributed by atoms with Crippen LogP contribution in [0.1, 0.15) is 38.7 Å². The van der Waals surface area contributed by atoms with Gasteiger partial charge in [0.25, 0.3) is 0 Å². The fourth-order valence-corrected chi connectivity index (χ4v) is 3.01. The summed E-state index contributed by atoms with van der Waals surface area (Å²) in [5.74, 6) is 0.629. The van der Waals surface area contributed by atoms with Crippen molar-refractivity contribution in [3.8, 4) is 5.75 Å². The molecule has 0 radical (unpaired) electrons. The molecule has 1 aliphatic rings. The second kappa shape index (κ2) is 5.27. The zero-order chi connectivity index (χ0) is 13.2. The minimum atomic E-state index is -0.271. The first kappa shape index (κ1) is 13.3. The van der Waals surface area contributed by atoms with Gasteiger partial charge in [-0.3, -0.25) is 0 Å². The maximum Gasteiger partial charge on any atom is 0.165 e. The predicted octanol–water partition coefficient (Wildman–Crippen LogP) is 3.46. The smallest absolute Gasteiger partial charge is 0.165 e. The minimum Gasteiger partial charge on any atom is -0.494 e. The summed E-state index contributed by atoms with van der Waals surface area (Å²) in [6, 6.07) is 5.34. The molecular weight excluding hydrogens is 229 g/mol. The van der Waals surface area contributed by atoms with Crippen LogP contribution in [0, 0.1) is 11.7 Å². The Morgan fingerprint density at radius 3 is 2.72 bits per heavy atom. The van der Waals surface area contributed by atoms with Crippen LogP contribution in [-0.4, -0.2) is 13.7 Å². The molecule has 1 aliphatic heterocycles. The molecule has 1 aromatic rings. The van der Waals surface area contributed by atoms with Gasteiger partial charge < -0.3 is 10.1 Å². The Balaban J connectivity index is 2.34. The zero-order valence-electron chi connectivity index (χ0n) is 11.4. The number of methoxy groups -OCH3 is 1. The number of benzene rings is 1. The van der Waals surface area contributed by atoms with Crippen molar-refractivity contribution >= 4 is 0 Å². The summed E-state index contributed by atoms with van der Waals surface area (Å²) in [7, 11) is 1.50. The van der Waals surface area contributed by atoms with Crippen LogP contribution < -0.4 is 10.1 Å². The monoisotopic (exact) mass is 251 g/mol. The van der Waals surface area contributed by atoms with E-state index < -0.39 is 0 Å². The van der Waals surface area contributed by atoms with Crippen LogP contribution in [0.4, 0.5) is 4.39 Å². The molecule has 1 atom stereocenters. The molecule has 0 spiro atoms. The lowest BCUT2D eigenvalue weighted by molar-refractivity contribution is 0.308. The second-order valence-electron chi connectivity index (χ2n) is 5.56. The van der Waals surface area contributed by atoms with E-state index in [4.69, 9.17) is 4.74 Å². The summed E-state index contributed by atoms with van der Waals surface area (Å²) in [4.78, 5) is 0. The maximum absolute atomic E-state index is 13.9. The van der Waals surface area contributed by atoms with E-state index in [0.717, 1.165) is 31.4 Å². The first-order chi connectivity index (χ1) is 8.57. The quantitative estimate of drug-likeness (QED) is 0.885. The molecule has 2 rings (SSSR count). The number of hydrogen-bond donors (Lipinski definition) is 1. The van der Waals surface area contributed by atoms with Crippen LogP contribution in [0.15, 0.2) is 18.2 Å². The molecule has 0 aliphatic carbocycles. The van der Waals surface area contributed by atoms with E-state index >= 15 is 0 Å². The average molecular weight is 251 g/mol. The molecule has 2 nitrogen and oxygen atoms in total. The van der Waals surface area contributed by atoms with Crippen molar-refractivity contribution < 1.29 is 9.13 Å². The summed E-state index contributed by atoms with van der Waals surface area (Å²) < 4.78 is 18.8. The second-order valence-corrected chi connectivity index (χ2v) is 5.56. The normalized spacial score (nSPS) is 23.6. The lowest BCUT2D eigenvalue weighted by Crippen LogP contribution is -2.38.